The molecule has 0 spiro atoms. The number of para-hydroxylation sites is 1. The molecule has 0 saturated carbocycles. The molecule has 3 rings (SSSR count). The molecule has 0 aromatic heterocycles. The van der Waals surface area contributed by atoms with Gasteiger partial charge in [-0.3, -0.25) is 9.10 Å². The third-order valence-corrected chi connectivity index (χ3v) is 7.08. The summed E-state index contributed by atoms with van der Waals surface area (Å²) in [5, 5.41) is 2.85. The first kappa shape index (κ1) is 27.1. The highest BCUT2D eigenvalue weighted by molar-refractivity contribution is 7.92. The summed E-state index contributed by atoms with van der Waals surface area (Å²) in [6, 6.07) is 22.7. The summed E-state index contributed by atoms with van der Waals surface area (Å²) >= 11 is 0. The number of hydrogen-bond acceptors (Lipinski definition) is 5. The predicted octanol–water partition coefficient (Wildman–Crippen LogP) is 4.82. The molecule has 0 bridgehead atoms. The number of sulfonamides is 1. The number of aryl methyl sites for hydroxylation is 1. The molecule has 0 fully saturated rings. The molecule has 192 valence electrons. The third kappa shape index (κ3) is 7.75. The van der Waals surface area contributed by atoms with Crippen molar-refractivity contribution in [1.29, 1.82) is 0 Å². The van der Waals surface area contributed by atoms with Crippen LogP contribution in [-0.2, 0) is 21.2 Å². The molecule has 0 unspecified atom stereocenters. The molecule has 0 saturated heterocycles. The maximum absolute atomic E-state index is 13.5. The first-order chi connectivity index (χ1) is 17.3. The predicted molar refractivity (Wildman–Crippen MR) is 142 cm³/mol. The van der Waals surface area contributed by atoms with E-state index in [1.807, 2.05) is 45.0 Å². The van der Waals surface area contributed by atoms with E-state index in [9.17, 15) is 13.2 Å². The number of carbonyl (C=O) groups excluding carboxylic acids is 1. The van der Waals surface area contributed by atoms with Crippen LogP contribution in [0.2, 0.25) is 0 Å². The molecular weight excluding hydrogens is 476 g/mol. The maximum Gasteiger partial charge on any atom is 0.264 e. The Kier molecular flexibility index (Phi) is 9.76. The Labute approximate surface area is 214 Å². The van der Waals surface area contributed by atoms with Gasteiger partial charge in [0.1, 0.15) is 18.0 Å². The highest BCUT2D eigenvalue weighted by atomic mass is 32.2. The van der Waals surface area contributed by atoms with Crippen LogP contribution >= 0.6 is 0 Å². The quantitative estimate of drug-likeness (QED) is 0.334. The molecule has 0 atom stereocenters. The van der Waals surface area contributed by atoms with E-state index in [1.165, 1.54) is 12.1 Å². The molecule has 0 aliphatic heterocycles. The van der Waals surface area contributed by atoms with Crippen molar-refractivity contribution in [2.24, 2.45) is 0 Å². The molecule has 8 heteroatoms. The number of rotatable bonds is 13. The first-order valence-electron chi connectivity index (χ1n) is 12.1. The number of nitrogens with one attached hydrogen (secondary N) is 1. The van der Waals surface area contributed by atoms with Crippen molar-refractivity contribution in [2.75, 3.05) is 24.0 Å². The molecule has 1 N–H and O–H groups in total. The van der Waals surface area contributed by atoms with Crippen molar-refractivity contribution in [3.63, 3.8) is 0 Å². The van der Waals surface area contributed by atoms with Gasteiger partial charge in [-0.15, -0.1) is 0 Å². The van der Waals surface area contributed by atoms with E-state index in [4.69, 9.17) is 9.47 Å². The molecule has 0 aliphatic carbocycles. The largest absolute Gasteiger partial charge is 0.494 e. The number of anilines is 1. The van der Waals surface area contributed by atoms with Gasteiger partial charge in [-0.1, -0.05) is 30.3 Å². The Morgan fingerprint density at radius 1 is 0.944 bits per heavy atom. The summed E-state index contributed by atoms with van der Waals surface area (Å²) in [5.74, 6) is 1.04. The molecule has 7 nitrogen and oxygen atoms in total. The van der Waals surface area contributed by atoms with Gasteiger partial charge in [0, 0.05) is 6.54 Å². The van der Waals surface area contributed by atoms with Crippen LogP contribution in [0.25, 0.3) is 0 Å². The fourth-order valence-corrected chi connectivity index (χ4v) is 5.09. The fourth-order valence-electron chi connectivity index (χ4n) is 3.66. The first-order valence-corrected chi connectivity index (χ1v) is 13.6. The molecule has 0 radical (unpaired) electrons. The lowest BCUT2D eigenvalue weighted by molar-refractivity contribution is -0.119. The standard InChI is InChI=1S/C28H34N2O5S/c1-4-34-25-15-17-27(18-16-25)36(32,33)30(24-12-6-5-7-13-24)21-28(31)29-19-9-11-23-10-8-14-26(20-23)35-22(2)3/h5-8,10,12-18,20,22H,4,9,11,19,21H2,1-3H3,(H,29,31). The minimum absolute atomic E-state index is 0.0890. The van der Waals surface area contributed by atoms with E-state index in [0.29, 0.717) is 31.0 Å². The minimum atomic E-state index is -3.97. The molecule has 3 aromatic carbocycles. The van der Waals surface area contributed by atoms with Gasteiger partial charge in [0.15, 0.2) is 0 Å². The van der Waals surface area contributed by atoms with Crippen molar-refractivity contribution >= 4 is 21.6 Å². The summed E-state index contributed by atoms with van der Waals surface area (Å²) in [5.41, 5.74) is 1.54. The van der Waals surface area contributed by atoms with Crippen LogP contribution in [0.4, 0.5) is 5.69 Å². The van der Waals surface area contributed by atoms with Gasteiger partial charge >= 0.3 is 0 Å². The number of ether oxygens (including phenoxy) is 2. The smallest absolute Gasteiger partial charge is 0.264 e. The Hall–Kier alpha value is -3.52. The SMILES string of the molecule is CCOc1ccc(S(=O)(=O)N(CC(=O)NCCCc2cccc(OC(C)C)c2)c2ccccc2)cc1. The summed E-state index contributed by atoms with van der Waals surface area (Å²) in [6.45, 7) is 6.42. The monoisotopic (exact) mass is 510 g/mol. The summed E-state index contributed by atoms with van der Waals surface area (Å²) in [4.78, 5) is 12.9. The minimum Gasteiger partial charge on any atom is -0.494 e. The van der Waals surface area contributed by atoms with Gasteiger partial charge in [-0.05, 0) is 87.7 Å². The van der Waals surface area contributed by atoms with Crippen molar-refractivity contribution < 1.29 is 22.7 Å². The zero-order chi connectivity index (χ0) is 26.0. The molecule has 3 aromatic rings. The van der Waals surface area contributed by atoms with Gasteiger partial charge in [-0.2, -0.15) is 0 Å². The van der Waals surface area contributed by atoms with Crippen LogP contribution < -0.4 is 19.1 Å². The van der Waals surface area contributed by atoms with Crippen LogP contribution in [-0.4, -0.2) is 40.1 Å². The lowest BCUT2D eigenvalue weighted by Crippen LogP contribution is -2.41. The van der Waals surface area contributed by atoms with E-state index < -0.39 is 10.0 Å². The summed E-state index contributed by atoms with van der Waals surface area (Å²) < 4.78 is 39.2. The summed E-state index contributed by atoms with van der Waals surface area (Å²) in [6.07, 6.45) is 1.59. The number of nitrogens with zero attached hydrogens (tertiary/aromatic N) is 1. The van der Waals surface area contributed by atoms with Crippen LogP contribution in [0.15, 0.2) is 83.8 Å². The topological polar surface area (TPSA) is 84.9 Å². The van der Waals surface area contributed by atoms with Crippen molar-refractivity contribution in [1.82, 2.24) is 5.32 Å². The van der Waals surface area contributed by atoms with E-state index >= 15 is 0 Å². The molecular formula is C28H34N2O5S. The maximum atomic E-state index is 13.5. The normalized spacial score (nSPS) is 11.2. The fraction of sp³-hybridized carbons (Fsp3) is 0.321. The lowest BCUT2D eigenvalue weighted by Gasteiger charge is -2.24. The second kappa shape index (κ2) is 13.0. The van der Waals surface area contributed by atoms with Gasteiger partial charge in [0.05, 0.1) is 23.3 Å². The van der Waals surface area contributed by atoms with Crippen molar-refractivity contribution in [2.45, 2.75) is 44.6 Å². The second-order valence-corrected chi connectivity index (χ2v) is 10.4. The highest BCUT2D eigenvalue weighted by Crippen LogP contribution is 2.25. The number of benzene rings is 3. The second-order valence-electron chi connectivity index (χ2n) is 8.52. The molecule has 36 heavy (non-hydrogen) atoms. The van der Waals surface area contributed by atoms with E-state index in [1.54, 1.807) is 42.5 Å². The third-order valence-electron chi connectivity index (χ3n) is 5.29. The van der Waals surface area contributed by atoms with Crippen LogP contribution in [0.5, 0.6) is 11.5 Å². The Morgan fingerprint density at radius 3 is 2.33 bits per heavy atom. The highest BCUT2D eigenvalue weighted by Gasteiger charge is 2.27. The van der Waals surface area contributed by atoms with Crippen LogP contribution in [0, 0.1) is 0 Å². The number of carbonyl (C=O) groups is 1. The molecule has 0 heterocycles. The van der Waals surface area contributed by atoms with Gasteiger partial charge in [0.2, 0.25) is 5.91 Å². The van der Waals surface area contributed by atoms with Gasteiger partial charge in [-0.25, -0.2) is 8.42 Å². The van der Waals surface area contributed by atoms with Crippen molar-refractivity contribution in [3.8, 4) is 11.5 Å². The molecule has 1 amide bonds. The molecule has 0 aliphatic rings. The Morgan fingerprint density at radius 2 is 1.67 bits per heavy atom. The Bertz CT molecular complexity index is 1210. The average molecular weight is 511 g/mol. The number of hydrogen-bond donors (Lipinski definition) is 1. The van der Waals surface area contributed by atoms with Crippen molar-refractivity contribution in [3.05, 3.63) is 84.4 Å². The lowest BCUT2D eigenvalue weighted by atomic mass is 10.1. The van der Waals surface area contributed by atoms with E-state index in [-0.39, 0.29) is 23.5 Å². The van der Waals surface area contributed by atoms with E-state index in [0.717, 1.165) is 22.0 Å². The zero-order valence-electron chi connectivity index (χ0n) is 21.0. The van der Waals surface area contributed by atoms with E-state index in [2.05, 4.69) is 5.32 Å². The van der Waals surface area contributed by atoms with Gasteiger partial charge in [0.25, 0.3) is 10.0 Å². The summed E-state index contributed by atoms with van der Waals surface area (Å²) in [7, 11) is -3.97. The average Bonchev–Trinajstić information content (AvgIpc) is 2.86. The van der Waals surface area contributed by atoms with Gasteiger partial charge < -0.3 is 14.8 Å². The number of amides is 1. The zero-order valence-corrected chi connectivity index (χ0v) is 21.8. The van der Waals surface area contributed by atoms with Crippen LogP contribution in [0.1, 0.15) is 32.8 Å². The van der Waals surface area contributed by atoms with Crippen LogP contribution in [0.3, 0.4) is 0 Å². The Balaban J connectivity index is 1.64.